The number of hydrogen-bond acceptors (Lipinski definition) is 27. The van der Waals surface area contributed by atoms with Crippen LogP contribution in [0.5, 0.6) is 11.5 Å². The van der Waals surface area contributed by atoms with Crippen molar-refractivity contribution in [2.24, 2.45) is 51.6 Å². The number of carbonyl (C=O) groups is 17. The van der Waals surface area contributed by atoms with Gasteiger partial charge in [-0.3, -0.25) is 99.0 Å². The molecule has 0 spiro atoms. The summed E-state index contributed by atoms with van der Waals surface area (Å²) < 4.78 is 0. The topological polar surface area (TPSA) is 936 Å². The summed E-state index contributed by atoms with van der Waals surface area (Å²) >= 11 is 0. The van der Waals surface area contributed by atoms with Gasteiger partial charge in [-0.05, 0) is 174 Å². The fourth-order valence-corrected chi connectivity index (χ4v) is 17.9. The molecule has 146 heavy (non-hydrogen) atoms. The van der Waals surface area contributed by atoms with Crippen LogP contribution < -0.4 is 153 Å². The number of carbonyl (C=O) groups excluding carboxylic acids is 16. The molecule has 0 saturated carbocycles. The number of benzene rings is 4. The van der Waals surface area contributed by atoms with Gasteiger partial charge in [0.25, 0.3) is 0 Å². The highest BCUT2D eigenvalue weighted by Gasteiger charge is 2.43. The molecular formula is C90H138N34O20S2. The second-order valence-electron chi connectivity index (χ2n) is 34.6. The van der Waals surface area contributed by atoms with E-state index in [0.29, 0.717) is 16.5 Å². The number of amides is 18. The Morgan fingerprint density at radius 2 is 0.808 bits per heavy atom. The third kappa shape index (κ3) is 44.1. The number of phenolic OH excluding ortho intramolecular Hbond substituents is 2. The highest BCUT2D eigenvalue weighted by atomic mass is 33.1. The first kappa shape index (κ1) is 119. The van der Waals surface area contributed by atoms with Gasteiger partial charge in [-0.15, -0.1) is 0 Å². The van der Waals surface area contributed by atoms with E-state index in [1.54, 1.807) is 42.5 Å². The summed E-state index contributed by atoms with van der Waals surface area (Å²) in [4.78, 5) is 251. The van der Waals surface area contributed by atoms with Gasteiger partial charge in [-0.25, -0.2) is 9.59 Å². The van der Waals surface area contributed by atoms with Gasteiger partial charge in [0.1, 0.15) is 96.1 Å². The Morgan fingerprint density at radius 3 is 1.27 bits per heavy atom. The smallest absolute Gasteiger partial charge is 0.312 e. The first-order valence-corrected chi connectivity index (χ1v) is 49.9. The Balaban J connectivity index is 1.63. The molecule has 56 heteroatoms. The fourth-order valence-electron chi connectivity index (χ4n) is 15.6. The number of rotatable bonds is 47. The standard InChI is InChI=1S/C90H138N34O20S2/c91-34-4-3-14-56-73(132)117-62(32-33-69(127)128)83(142)124-41-11-21-68(124)82(141)120-64(44-49-25-30-54(126)31-26-49)78(137)116-57(16-6-36-106-85(95)96)72(131)113-60(19-10-40-110-90(104)144)75(134)121-66(80(139)111-55(70(92)129)15-5-35-105-84(93)94)46-145-146-47-67(81(140)119-63(43-48-23-28-53(125)29-24-48)77(136)115-58(71(130)112-56)18-9-39-109-89(103)143)122-79(138)65(45-50-22-27-51-12-1-2-13-52(51)42-50)118-74(133)59(17-7-37-107-86(97)98)114-76(135)61(123-88(101)102)20-8-38-108-87(99)100/h1-2,12-13,22-31,42,55-68,125-126H,3-11,14-21,32-41,43-47,91H2,(H2,92,129)(H,111,139)(H,112,130)(H,113,131)(H,114,135)(H,115,136)(H,116,137)(H,117,132)(H,118,133)(H,119,140)(H,120,141)(H,121,134)(H,122,138)(H,127,128)(H4,93,94,105)(H4,95,96,106)(H4,97,98,107)(H4,99,100,108)(H4,101,102,123)(H3,103,109,143)(H3,104,110,144)/t55-,56-,57-,58-,59-,60-,61-,62+,63-,64-,65-,66-,67-,68-/m0/s1. The lowest BCUT2D eigenvalue weighted by Crippen LogP contribution is -2.61. The molecule has 2 fully saturated rings. The van der Waals surface area contributed by atoms with Crippen LogP contribution in [-0.2, 0) is 91.2 Å². The Morgan fingerprint density at radius 1 is 0.404 bits per heavy atom. The average Bonchev–Trinajstić information content (AvgIpc) is 1.66. The van der Waals surface area contributed by atoms with Gasteiger partial charge in [0, 0.05) is 83.0 Å². The fraction of sp³-hybridized carbons (Fsp3) is 0.511. The summed E-state index contributed by atoms with van der Waals surface area (Å²) in [6, 6.07) is -3.00. The summed E-state index contributed by atoms with van der Waals surface area (Å²) in [5.41, 5.74) is 51.8. The van der Waals surface area contributed by atoms with Gasteiger partial charge in [0.05, 0.1) is 0 Å². The van der Waals surface area contributed by atoms with Crippen molar-refractivity contribution in [1.29, 1.82) is 27.0 Å². The van der Waals surface area contributed by atoms with Gasteiger partial charge in [0.2, 0.25) is 82.7 Å². The van der Waals surface area contributed by atoms with E-state index in [9.17, 15) is 39.3 Å². The van der Waals surface area contributed by atoms with Crippen LogP contribution >= 0.6 is 21.6 Å². The molecule has 4 aromatic carbocycles. The largest absolute Gasteiger partial charge is 0.508 e. The molecule has 18 amide bonds. The molecule has 0 aromatic heterocycles. The summed E-state index contributed by atoms with van der Waals surface area (Å²) in [7, 11) is 1.44. The first-order valence-electron chi connectivity index (χ1n) is 47.4. The molecule has 2 aliphatic rings. The van der Waals surface area contributed by atoms with E-state index in [1.807, 2.05) is 0 Å². The summed E-state index contributed by atoms with van der Waals surface area (Å²) in [6.45, 7) is -0.705. The molecule has 2 aliphatic heterocycles. The number of carboxylic acid groups (broad SMARTS) is 1. The zero-order valence-corrected chi connectivity index (χ0v) is 82.2. The van der Waals surface area contributed by atoms with E-state index in [2.05, 4.69) is 101 Å². The molecular weight excluding hydrogens is 1940 g/mol. The van der Waals surface area contributed by atoms with Crippen molar-refractivity contribution in [2.45, 2.75) is 226 Å². The van der Waals surface area contributed by atoms with Crippen LogP contribution in [0.3, 0.4) is 0 Å². The number of urea groups is 2. The predicted molar refractivity (Wildman–Crippen MR) is 542 cm³/mol. The third-order valence-corrected chi connectivity index (χ3v) is 25.5. The Kier molecular flexibility index (Phi) is 51.1. The number of nitrogens with two attached hydrogens (primary N) is 9. The number of phenols is 2. The van der Waals surface area contributed by atoms with Crippen LogP contribution in [0.1, 0.15) is 139 Å². The van der Waals surface area contributed by atoms with Gasteiger partial charge < -0.3 is 173 Å². The Bertz CT molecular complexity index is 5190. The number of carboxylic acids is 1. The van der Waals surface area contributed by atoms with Gasteiger partial charge >= 0.3 is 18.0 Å². The van der Waals surface area contributed by atoms with Crippen LogP contribution in [0.4, 0.5) is 9.59 Å². The number of guanidine groups is 5. The third-order valence-electron chi connectivity index (χ3n) is 23.1. The highest BCUT2D eigenvalue weighted by Crippen LogP contribution is 2.27. The van der Waals surface area contributed by atoms with Crippen molar-refractivity contribution >= 4 is 163 Å². The Labute approximate surface area is 848 Å². The quantitative estimate of drug-likeness (QED) is 0.00846. The zero-order chi connectivity index (χ0) is 107. The molecule has 800 valence electrons. The predicted octanol–water partition coefficient (Wildman–Crippen LogP) is -7.24. The number of nitrogens with zero attached hydrogens (tertiary/aromatic N) is 1. The van der Waals surface area contributed by atoms with E-state index in [1.165, 1.54) is 48.5 Å². The van der Waals surface area contributed by atoms with Gasteiger partial charge in [-0.2, -0.15) is 0 Å². The SMILES string of the molecule is N=C(N)NCCC[C@H](NC(=O)[C@@H]1CSSC[C@H](NC(=O)[C@H](Cc2ccc3ccccc3c2)NC(=O)[C@H](CCCNC(=N)N)NC(=O)[C@H](CCCNC(=N)N)NC(=N)N)C(=O)N[C@@H](Cc2ccc(O)cc2)C(=O)N[C@@H](CCCNC(N)=O)C(=O)N[C@@H](CCCCN)C(=O)N[C@H](CCC(=O)O)C(=O)N2CCC[C@H]2C(=O)N[C@@H](Cc2ccc(O)cc2)C(=O)N[C@@H](CCCNC(=N)N)C(=O)N[C@@H](CCCNC(N)=O)C(=O)N1)C(N)=O. The number of hydrogen-bond donors (Lipinski definition) is 36. The van der Waals surface area contributed by atoms with Gasteiger partial charge in [-0.1, -0.05) is 88.3 Å². The van der Waals surface area contributed by atoms with Crippen LogP contribution in [0.25, 0.3) is 10.8 Å². The molecule has 0 bridgehead atoms. The lowest BCUT2D eigenvalue weighted by molar-refractivity contribution is -0.143. The number of aromatic hydroxyl groups is 2. The molecule has 0 aliphatic carbocycles. The minimum absolute atomic E-state index is 0.0129. The van der Waals surface area contributed by atoms with Crippen LogP contribution in [0.2, 0.25) is 0 Å². The molecule has 4 aromatic rings. The van der Waals surface area contributed by atoms with Crippen molar-refractivity contribution in [3.63, 3.8) is 0 Å². The monoisotopic (exact) mass is 2080 g/mol. The lowest BCUT2D eigenvalue weighted by Gasteiger charge is -2.31. The lowest BCUT2D eigenvalue weighted by atomic mass is 10.00. The van der Waals surface area contributed by atoms with E-state index in [-0.39, 0.29) is 172 Å². The normalized spacial score (nSPS) is 20.0. The van der Waals surface area contributed by atoms with E-state index in [4.69, 9.17) is 78.6 Å². The summed E-state index contributed by atoms with van der Waals surface area (Å²) in [5.74, 6) is -20.8. The zero-order valence-electron chi connectivity index (χ0n) is 80.6. The van der Waals surface area contributed by atoms with Gasteiger partial charge in [0.15, 0.2) is 29.8 Å². The van der Waals surface area contributed by atoms with E-state index >= 15 is 57.5 Å². The molecule has 2 heterocycles. The van der Waals surface area contributed by atoms with Crippen LogP contribution in [0, 0.1) is 27.0 Å². The molecule has 6 rings (SSSR count). The van der Waals surface area contributed by atoms with Crippen molar-refractivity contribution < 1.29 is 96.8 Å². The van der Waals surface area contributed by atoms with Crippen LogP contribution in [-0.4, -0.2) is 299 Å². The maximum Gasteiger partial charge on any atom is 0.312 e. The second-order valence-corrected chi connectivity index (χ2v) is 37.2. The number of nitrogens with one attached hydrogen (secondary N) is 24. The second kappa shape index (κ2) is 62.7. The number of fused-ring (bicyclic) bond motifs is 2. The summed E-state index contributed by atoms with van der Waals surface area (Å²) in [5, 5.41) is 121. The highest BCUT2D eigenvalue weighted by molar-refractivity contribution is 8.76. The molecule has 2 saturated heterocycles. The van der Waals surface area contributed by atoms with Crippen LogP contribution in [0.15, 0.2) is 91.0 Å². The Hall–Kier alpha value is -15.7. The average molecular weight is 2080 g/mol. The number of primary amides is 3. The molecule has 14 atom stereocenters. The first-order chi connectivity index (χ1) is 69.5. The molecule has 54 nitrogen and oxygen atoms in total. The van der Waals surface area contributed by atoms with E-state index < -0.39 is 266 Å². The maximum absolute atomic E-state index is 16.1. The number of aliphatic carboxylic acids is 1. The maximum atomic E-state index is 16.1. The minimum atomic E-state index is -1.96. The number of unbranched alkanes of at least 4 members (excludes halogenated alkanes) is 1. The molecule has 0 unspecified atom stereocenters. The molecule has 0 radical (unpaired) electrons. The van der Waals surface area contributed by atoms with Crippen molar-refractivity contribution in [3.8, 4) is 11.5 Å². The summed E-state index contributed by atoms with van der Waals surface area (Å²) in [6.07, 6.45) is -4.49. The van der Waals surface area contributed by atoms with Crippen molar-refractivity contribution in [2.75, 3.05) is 63.9 Å². The van der Waals surface area contributed by atoms with Crippen molar-refractivity contribution in [3.05, 3.63) is 108 Å². The molecule has 45 N–H and O–H groups in total. The van der Waals surface area contributed by atoms with E-state index in [0.717, 1.165) is 31.9 Å². The minimum Gasteiger partial charge on any atom is -0.508 e. The van der Waals surface area contributed by atoms with Crippen molar-refractivity contribution in [1.82, 2.24) is 106 Å².